The first kappa shape index (κ1) is 18.0. The van der Waals surface area contributed by atoms with E-state index in [9.17, 15) is 4.79 Å². The number of rotatable bonds is 5. The number of likely N-dealkylation sites (tertiary alicyclic amines) is 1. The van der Waals surface area contributed by atoms with Crippen LogP contribution in [0.5, 0.6) is 0 Å². The molecule has 0 unspecified atom stereocenters. The minimum atomic E-state index is 0.208. The largest absolute Gasteiger partial charge is 0.342 e. The predicted octanol–water partition coefficient (Wildman–Crippen LogP) is 3.62. The number of nitrogens with zero attached hydrogens (tertiary/aromatic N) is 4. The SMILES string of the molecule is CCn1c(SCC(=O)N2CCC[C@H](C)C2)nnc1-c1ccccc1C. The highest BCUT2D eigenvalue weighted by Gasteiger charge is 2.22. The van der Waals surface area contributed by atoms with Crippen LogP contribution < -0.4 is 0 Å². The molecule has 0 aliphatic carbocycles. The van der Waals surface area contributed by atoms with Gasteiger partial charge in [-0.1, -0.05) is 43.0 Å². The Morgan fingerprint density at radius 3 is 2.84 bits per heavy atom. The summed E-state index contributed by atoms with van der Waals surface area (Å²) < 4.78 is 2.10. The lowest BCUT2D eigenvalue weighted by Gasteiger charge is -2.30. The van der Waals surface area contributed by atoms with E-state index < -0.39 is 0 Å². The van der Waals surface area contributed by atoms with E-state index in [0.717, 1.165) is 42.6 Å². The number of aryl methyl sites for hydroxylation is 1. The number of benzene rings is 1. The average molecular weight is 359 g/mol. The molecule has 5 nitrogen and oxygen atoms in total. The molecular weight excluding hydrogens is 332 g/mol. The van der Waals surface area contributed by atoms with Crippen molar-refractivity contribution in [3.05, 3.63) is 29.8 Å². The van der Waals surface area contributed by atoms with Gasteiger partial charge in [0.15, 0.2) is 11.0 Å². The van der Waals surface area contributed by atoms with Gasteiger partial charge in [-0.2, -0.15) is 0 Å². The van der Waals surface area contributed by atoms with Gasteiger partial charge in [-0.25, -0.2) is 0 Å². The molecule has 1 aliphatic heterocycles. The summed E-state index contributed by atoms with van der Waals surface area (Å²) >= 11 is 1.49. The van der Waals surface area contributed by atoms with Crippen molar-refractivity contribution < 1.29 is 4.79 Å². The summed E-state index contributed by atoms with van der Waals surface area (Å²) in [6.45, 7) is 8.94. The van der Waals surface area contributed by atoms with Gasteiger partial charge < -0.3 is 9.47 Å². The molecule has 0 spiro atoms. The quantitative estimate of drug-likeness (QED) is 0.766. The molecule has 3 rings (SSSR count). The van der Waals surface area contributed by atoms with E-state index in [1.165, 1.54) is 23.7 Å². The molecule has 0 radical (unpaired) electrons. The summed E-state index contributed by atoms with van der Waals surface area (Å²) in [5.41, 5.74) is 2.28. The van der Waals surface area contributed by atoms with E-state index in [1.54, 1.807) is 0 Å². The molecule has 6 heteroatoms. The first-order valence-electron chi connectivity index (χ1n) is 9.00. The standard InChI is InChI=1S/C19H26N4OS/c1-4-23-18(16-10-6-5-9-15(16)3)20-21-19(23)25-13-17(24)22-11-7-8-14(2)12-22/h5-6,9-10,14H,4,7-8,11-13H2,1-3H3/t14-/m0/s1. The maximum absolute atomic E-state index is 12.5. The van der Waals surface area contributed by atoms with Gasteiger partial charge in [-0.3, -0.25) is 4.79 Å². The zero-order chi connectivity index (χ0) is 17.8. The molecule has 134 valence electrons. The summed E-state index contributed by atoms with van der Waals surface area (Å²) in [4.78, 5) is 14.5. The van der Waals surface area contributed by atoms with Crippen molar-refractivity contribution in [2.45, 2.75) is 45.3 Å². The maximum atomic E-state index is 12.5. The van der Waals surface area contributed by atoms with Gasteiger partial charge >= 0.3 is 0 Å². The highest BCUT2D eigenvalue weighted by Crippen LogP contribution is 2.26. The van der Waals surface area contributed by atoms with Gasteiger partial charge in [0.2, 0.25) is 5.91 Å². The Balaban J connectivity index is 1.71. The Kier molecular flexibility index (Phi) is 5.78. The fraction of sp³-hybridized carbons (Fsp3) is 0.526. The monoisotopic (exact) mass is 358 g/mol. The van der Waals surface area contributed by atoms with Gasteiger partial charge in [-0.15, -0.1) is 10.2 Å². The number of hydrogen-bond acceptors (Lipinski definition) is 4. The number of carbonyl (C=O) groups excluding carboxylic acids is 1. The zero-order valence-corrected chi connectivity index (χ0v) is 16.1. The van der Waals surface area contributed by atoms with E-state index >= 15 is 0 Å². The van der Waals surface area contributed by atoms with Gasteiger partial charge in [0.1, 0.15) is 0 Å². The van der Waals surface area contributed by atoms with Gasteiger partial charge in [0.05, 0.1) is 5.75 Å². The topological polar surface area (TPSA) is 51.0 Å². The summed E-state index contributed by atoms with van der Waals surface area (Å²) in [7, 11) is 0. The van der Waals surface area contributed by atoms with E-state index in [4.69, 9.17) is 0 Å². The fourth-order valence-electron chi connectivity index (χ4n) is 3.34. The number of hydrogen-bond donors (Lipinski definition) is 0. The third-order valence-electron chi connectivity index (χ3n) is 4.75. The molecule has 0 N–H and O–H groups in total. The minimum Gasteiger partial charge on any atom is -0.342 e. The Bertz CT molecular complexity index is 743. The minimum absolute atomic E-state index is 0.208. The first-order valence-corrected chi connectivity index (χ1v) is 9.98. The molecule has 0 bridgehead atoms. The number of thioether (sulfide) groups is 1. The first-order chi connectivity index (χ1) is 12.1. The third-order valence-corrected chi connectivity index (χ3v) is 5.71. The Morgan fingerprint density at radius 2 is 2.12 bits per heavy atom. The second-order valence-electron chi connectivity index (χ2n) is 6.74. The molecule has 1 fully saturated rings. The highest BCUT2D eigenvalue weighted by atomic mass is 32.2. The number of piperidine rings is 1. The number of carbonyl (C=O) groups is 1. The van der Waals surface area contributed by atoms with Crippen LogP contribution in [0.15, 0.2) is 29.4 Å². The third kappa shape index (κ3) is 4.06. The lowest BCUT2D eigenvalue weighted by atomic mass is 10.0. The maximum Gasteiger partial charge on any atom is 0.233 e. The van der Waals surface area contributed by atoms with Crippen LogP contribution in [-0.4, -0.2) is 44.4 Å². The van der Waals surface area contributed by atoms with Crippen LogP contribution in [-0.2, 0) is 11.3 Å². The van der Waals surface area contributed by atoms with Gasteiger partial charge in [-0.05, 0) is 38.2 Å². The summed E-state index contributed by atoms with van der Waals surface area (Å²) in [5, 5.41) is 9.55. The van der Waals surface area contributed by atoms with Crippen molar-refractivity contribution >= 4 is 17.7 Å². The van der Waals surface area contributed by atoms with E-state index in [2.05, 4.69) is 47.7 Å². The van der Waals surface area contributed by atoms with Crippen LogP contribution in [0.25, 0.3) is 11.4 Å². The van der Waals surface area contributed by atoms with Crippen LogP contribution in [0.1, 0.15) is 32.3 Å². The summed E-state index contributed by atoms with van der Waals surface area (Å²) in [6, 6.07) is 8.20. The van der Waals surface area contributed by atoms with Crippen molar-refractivity contribution in [1.82, 2.24) is 19.7 Å². The van der Waals surface area contributed by atoms with Gasteiger partial charge in [0, 0.05) is 25.2 Å². The lowest BCUT2D eigenvalue weighted by Crippen LogP contribution is -2.40. The summed E-state index contributed by atoms with van der Waals surface area (Å²) in [6.07, 6.45) is 2.33. The van der Waals surface area contributed by atoms with E-state index in [1.807, 2.05) is 17.0 Å². The second kappa shape index (κ2) is 8.04. The molecule has 1 saturated heterocycles. The summed E-state index contributed by atoms with van der Waals surface area (Å²) in [5.74, 6) is 2.12. The molecule has 2 heterocycles. The van der Waals surface area contributed by atoms with Crippen molar-refractivity contribution in [3.63, 3.8) is 0 Å². The normalized spacial score (nSPS) is 17.7. The molecule has 1 amide bonds. The van der Waals surface area contributed by atoms with Crippen LogP contribution in [0.3, 0.4) is 0 Å². The highest BCUT2D eigenvalue weighted by molar-refractivity contribution is 7.99. The predicted molar refractivity (Wildman–Crippen MR) is 102 cm³/mol. The van der Waals surface area contributed by atoms with Crippen molar-refractivity contribution in [1.29, 1.82) is 0 Å². The lowest BCUT2D eigenvalue weighted by molar-refractivity contribution is -0.130. The Hall–Kier alpha value is -1.82. The van der Waals surface area contributed by atoms with Crippen LogP contribution in [0.4, 0.5) is 0 Å². The Labute approximate surface area is 153 Å². The molecule has 25 heavy (non-hydrogen) atoms. The fourth-order valence-corrected chi connectivity index (χ4v) is 4.24. The van der Waals surface area contributed by atoms with Crippen LogP contribution in [0, 0.1) is 12.8 Å². The van der Waals surface area contributed by atoms with E-state index in [0.29, 0.717) is 11.7 Å². The van der Waals surface area contributed by atoms with Gasteiger partial charge in [0.25, 0.3) is 0 Å². The molecule has 0 saturated carbocycles. The number of amides is 1. The molecular formula is C19H26N4OS. The zero-order valence-electron chi connectivity index (χ0n) is 15.2. The van der Waals surface area contributed by atoms with Crippen molar-refractivity contribution in [3.8, 4) is 11.4 Å². The molecule has 2 aromatic rings. The molecule has 1 aliphatic rings. The van der Waals surface area contributed by atoms with Crippen LogP contribution >= 0.6 is 11.8 Å². The molecule has 1 aromatic heterocycles. The van der Waals surface area contributed by atoms with Crippen molar-refractivity contribution in [2.24, 2.45) is 5.92 Å². The van der Waals surface area contributed by atoms with E-state index in [-0.39, 0.29) is 5.91 Å². The average Bonchev–Trinajstić information content (AvgIpc) is 3.02. The molecule has 1 aromatic carbocycles. The van der Waals surface area contributed by atoms with Crippen LogP contribution in [0.2, 0.25) is 0 Å². The second-order valence-corrected chi connectivity index (χ2v) is 7.68. The number of aromatic nitrogens is 3. The smallest absolute Gasteiger partial charge is 0.233 e. The Morgan fingerprint density at radius 1 is 1.32 bits per heavy atom. The molecule has 1 atom stereocenters. The van der Waals surface area contributed by atoms with Crippen molar-refractivity contribution in [2.75, 3.05) is 18.8 Å².